The van der Waals surface area contributed by atoms with Crippen molar-refractivity contribution in [2.24, 2.45) is 0 Å². The van der Waals surface area contributed by atoms with Gasteiger partial charge in [0.2, 0.25) is 0 Å². The lowest BCUT2D eigenvalue weighted by atomic mass is 9.86. The Bertz CT molecular complexity index is 669. The average molecular weight is 339 g/mol. The van der Waals surface area contributed by atoms with Gasteiger partial charge in [-0.1, -0.05) is 49.4 Å². The van der Waals surface area contributed by atoms with Gasteiger partial charge in [-0.25, -0.2) is 0 Å². The summed E-state index contributed by atoms with van der Waals surface area (Å²) in [7, 11) is 0. The number of benzene rings is 2. The van der Waals surface area contributed by atoms with Crippen LogP contribution in [0.3, 0.4) is 0 Å². The molecule has 2 aromatic rings. The summed E-state index contributed by atoms with van der Waals surface area (Å²) in [6.45, 7) is 5.60. The maximum atomic E-state index is 10.1. The minimum Gasteiger partial charge on any atom is -0.489 e. The summed E-state index contributed by atoms with van der Waals surface area (Å²) in [4.78, 5) is 2.24. The van der Waals surface area contributed by atoms with Crippen LogP contribution in [-0.2, 0) is 19.4 Å². The van der Waals surface area contributed by atoms with E-state index in [9.17, 15) is 5.11 Å². The molecule has 0 aromatic heterocycles. The molecule has 0 amide bonds. The normalized spacial score (nSPS) is 18.0. The Morgan fingerprint density at radius 2 is 1.96 bits per heavy atom. The second kappa shape index (κ2) is 8.50. The lowest BCUT2D eigenvalue weighted by Gasteiger charge is -2.37. The summed E-state index contributed by atoms with van der Waals surface area (Å²) < 4.78 is 6.12. The number of ether oxygens (including phenoxy) is 1. The molecule has 25 heavy (non-hydrogen) atoms. The SMILES string of the molecule is CCCN(C(C)O)C1CCc2c(cccc2OCc2ccccc2)C1. The van der Waals surface area contributed by atoms with Gasteiger partial charge in [-0.05, 0) is 55.4 Å². The van der Waals surface area contributed by atoms with E-state index in [1.54, 1.807) is 0 Å². The number of aliphatic hydroxyl groups is 1. The van der Waals surface area contributed by atoms with Crippen molar-refractivity contribution >= 4 is 0 Å². The summed E-state index contributed by atoms with van der Waals surface area (Å²) in [6, 6.07) is 17.1. The first-order valence-corrected chi connectivity index (χ1v) is 9.40. The predicted molar refractivity (Wildman–Crippen MR) is 102 cm³/mol. The highest BCUT2D eigenvalue weighted by atomic mass is 16.5. The number of hydrogen-bond acceptors (Lipinski definition) is 3. The zero-order chi connectivity index (χ0) is 17.6. The van der Waals surface area contributed by atoms with E-state index < -0.39 is 0 Å². The standard InChI is InChI=1S/C22H29NO2/c1-3-14-23(17(2)24)20-12-13-21-19(15-20)10-7-11-22(21)25-16-18-8-5-4-6-9-18/h4-11,17,20,24H,3,12-16H2,1-2H3. The Morgan fingerprint density at radius 3 is 2.68 bits per heavy atom. The molecule has 3 nitrogen and oxygen atoms in total. The number of hydrogen-bond donors (Lipinski definition) is 1. The molecule has 134 valence electrons. The van der Waals surface area contributed by atoms with Crippen LogP contribution in [0, 0.1) is 0 Å². The first-order chi connectivity index (χ1) is 12.2. The van der Waals surface area contributed by atoms with E-state index in [1.165, 1.54) is 16.7 Å². The molecule has 2 atom stereocenters. The van der Waals surface area contributed by atoms with Crippen molar-refractivity contribution in [2.45, 2.75) is 58.4 Å². The van der Waals surface area contributed by atoms with Crippen LogP contribution in [-0.4, -0.2) is 28.8 Å². The van der Waals surface area contributed by atoms with E-state index in [0.717, 1.165) is 38.0 Å². The van der Waals surface area contributed by atoms with Crippen LogP contribution < -0.4 is 4.74 Å². The molecule has 0 fully saturated rings. The maximum Gasteiger partial charge on any atom is 0.123 e. The van der Waals surface area contributed by atoms with Crippen molar-refractivity contribution in [3.8, 4) is 5.75 Å². The van der Waals surface area contributed by atoms with Crippen LogP contribution >= 0.6 is 0 Å². The molecule has 0 saturated carbocycles. The summed E-state index contributed by atoms with van der Waals surface area (Å²) in [5, 5.41) is 10.1. The van der Waals surface area contributed by atoms with Gasteiger partial charge >= 0.3 is 0 Å². The van der Waals surface area contributed by atoms with Gasteiger partial charge in [-0.3, -0.25) is 4.90 Å². The molecule has 1 aliphatic carbocycles. The highest BCUT2D eigenvalue weighted by Gasteiger charge is 2.27. The Labute approximate surface area is 151 Å². The molecule has 1 N–H and O–H groups in total. The molecule has 0 spiro atoms. The first-order valence-electron chi connectivity index (χ1n) is 9.40. The molecule has 0 radical (unpaired) electrons. The van der Waals surface area contributed by atoms with Gasteiger partial charge in [0, 0.05) is 12.6 Å². The molecule has 3 heteroatoms. The number of aliphatic hydroxyl groups excluding tert-OH is 1. The van der Waals surface area contributed by atoms with E-state index in [2.05, 4.69) is 42.2 Å². The summed E-state index contributed by atoms with van der Waals surface area (Å²) in [6.07, 6.45) is 3.75. The molecule has 1 aliphatic rings. The fraction of sp³-hybridized carbons (Fsp3) is 0.455. The first kappa shape index (κ1) is 18.0. The van der Waals surface area contributed by atoms with Crippen LogP contribution in [0.25, 0.3) is 0 Å². The van der Waals surface area contributed by atoms with E-state index in [0.29, 0.717) is 12.6 Å². The van der Waals surface area contributed by atoms with Crippen LogP contribution in [0.1, 0.15) is 43.4 Å². The fourth-order valence-electron chi connectivity index (χ4n) is 3.84. The zero-order valence-corrected chi connectivity index (χ0v) is 15.3. The van der Waals surface area contributed by atoms with E-state index in [1.807, 2.05) is 25.1 Å². The smallest absolute Gasteiger partial charge is 0.123 e. The van der Waals surface area contributed by atoms with Crippen molar-refractivity contribution in [1.29, 1.82) is 0 Å². The summed E-state index contributed by atoms with van der Waals surface area (Å²) in [5.74, 6) is 1.01. The lowest BCUT2D eigenvalue weighted by Crippen LogP contribution is -2.45. The molecule has 2 unspecified atom stereocenters. The van der Waals surface area contributed by atoms with Gasteiger partial charge in [-0.15, -0.1) is 0 Å². The molecular formula is C22H29NO2. The van der Waals surface area contributed by atoms with Crippen molar-refractivity contribution in [3.63, 3.8) is 0 Å². The van der Waals surface area contributed by atoms with E-state index >= 15 is 0 Å². The largest absolute Gasteiger partial charge is 0.489 e. The van der Waals surface area contributed by atoms with Crippen molar-refractivity contribution in [3.05, 3.63) is 65.2 Å². The molecular weight excluding hydrogens is 310 g/mol. The van der Waals surface area contributed by atoms with Crippen molar-refractivity contribution < 1.29 is 9.84 Å². The number of nitrogens with zero attached hydrogens (tertiary/aromatic N) is 1. The Balaban J connectivity index is 1.71. The van der Waals surface area contributed by atoms with Gasteiger partial charge in [0.25, 0.3) is 0 Å². The summed E-state index contributed by atoms with van der Waals surface area (Å²) >= 11 is 0. The zero-order valence-electron chi connectivity index (χ0n) is 15.3. The predicted octanol–water partition coefficient (Wildman–Crippen LogP) is 4.17. The minimum atomic E-state index is -0.385. The molecule has 3 rings (SSSR count). The monoisotopic (exact) mass is 339 g/mol. The minimum absolute atomic E-state index is 0.385. The summed E-state index contributed by atoms with van der Waals surface area (Å²) in [5.41, 5.74) is 3.90. The van der Waals surface area contributed by atoms with Gasteiger partial charge in [0.1, 0.15) is 18.6 Å². The molecule has 0 aliphatic heterocycles. The third-order valence-corrected chi connectivity index (χ3v) is 5.08. The Kier molecular flexibility index (Phi) is 6.11. The topological polar surface area (TPSA) is 32.7 Å². The van der Waals surface area contributed by atoms with Crippen LogP contribution in [0.4, 0.5) is 0 Å². The van der Waals surface area contributed by atoms with Crippen LogP contribution in [0.2, 0.25) is 0 Å². The number of rotatable bonds is 7. The third kappa shape index (κ3) is 4.42. The van der Waals surface area contributed by atoms with E-state index in [4.69, 9.17) is 4.74 Å². The maximum absolute atomic E-state index is 10.1. The highest BCUT2D eigenvalue weighted by Crippen LogP contribution is 2.32. The second-order valence-corrected chi connectivity index (χ2v) is 6.93. The number of fused-ring (bicyclic) bond motifs is 1. The molecule has 0 saturated heterocycles. The quantitative estimate of drug-likeness (QED) is 0.768. The highest BCUT2D eigenvalue weighted by molar-refractivity contribution is 5.42. The van der Waals surface area contributed by atoms with Crippen LogP contribution in [0.15, 0.2) is 48.5 Å². The second-order valence-electron chi connectivity index (χ2n) is 6.93. The van der Waals surface area contributed by atoms with Gasteiger partial charge in [0.05, 0.1) is 0 Å². The Morgan fingerprint density at radius 1 is 1.16 bits per heavy atom. The van der Waals surface area contributed by atoms with Gasteiger partial charge < -0.3 is 9.84 Å². The third-order valence-electron chi connectivity index (χ3n) is 5.08. The van der Waals surface area contributed by atoms with Gasteiger partial charge in [0.15, 0.2) is 0 Å². The van der Waals surface area contributed by atoms with Crippen molar-refractivity contribution in [1.82, 2.24) is 4.90 Å². The van der Waals surface area contributed by atoms with Gasteiger partial charge in [-0.2, -0.15) is 0 Å². The average Bonchev–Trinajstić information content (AvgIpc) is 2.64. The lowest BCUT2D eigenvalue weighted by molar-refractivity contribution is -0.0156. The van der Waals surface area contributed by atoms with Crippen LogP contribution in [0.5, 0.6) is 5.75 Å². The van der Waals surface area contributed by atoms with E-state index in [-0.39, 0.29) is 6.23 Å². The fourth-order valence-corrected chi connectivity index (χ4v) is 3.84. The molecule has 0 bridgehead atoms. The van der Waals surface area contributed by atoms with Crippen molar-refractivity contribution in [2.75, 3.05) is 6.54 Å². The Hall–Kier alpha value is -1.84. The molecule has 2 aromatic carbocycles. The molecule has 0 heterocycles.